The van der Waals surface area contributed by atoms with E-state index in [-0.39, 0.29) is 11.0 Å². The van der Waals surface area contributed by atoms with Crippen LogP contribution in [0.2, 0.25) is 0 Å². The molecule has 0 amide bonds. The Morgan fingerprint density at radius 3 is 1.25 bits per heavy atom. The molecule has 0 saturated heterocycles. The molecule has 0 heterocycles. The molecule has 0 atom stereocenters. The fourth-order valence-electron chi connectivity index (χ4n) is 0. The SMILES string of the molecule is FOF.[SiH4]. The maximum Gasteiger partial charge on any atom is 0.0209 e. The Morgan fingerprint density at radius 1 is 1.25 bits per heavy atom. The van der Waals surface area contributed by atoms with Crippen molar-refractivity contribution in [3.63, 3.8) is 0 Å². The van der Waals surface area contributed by atoms with Gasteiger partial charge in [-0.15, -0.1) is 0 Å². The first-order valence-electron chi connectivity index (χ1n) is 0.309. The molecule has 0 N–H and O–H groups in total. The first kappa shape index (κ1) is 8.97. The predicted octanol–water partition coefficient (Wildman–Crippen LogP) is -0.680. The second-order valence-corrected chi connectivity index (χ2v) is 0.0583. The summed E-state index contributed by atoms with van der Waals surface area (Å²) in [5.74, 6) is 0. The van der Waals surface area contributed by atoms with Crippen LogP contribution in [0.1, 0.15) is 0 Å². The summed E-state index contributed by atoms with van der Waals surface area (Å²) in [6, 6.07) is 0. The highest BCUT2D eigenvalue weighted by Gasteiger charge is 1.42. The quantitative estimate of drug-likeness (QED) is 0.355. The minimum Gasteiger partial charge on any atom is -0.0149 e. The van der Waals surface area contributed by atoms with Crippen LogP contribution in [-0.2, 0) is 5.15 Å². The zero-order valence-electron chi connectivity index (χ0n) is 1.16. The summed E-state index contributed by atoms with van der Waals surface area (Å²) < 4.78 is 18.2. The summed E-state index contributed by atoms with van der Waals surface area (Å²) in [4.78, 5) is 0. The van der Waals surface area contributed by atoms with Crippen LogP contribution in [0.15, 0.2) is 0 Å². The minimum absolute atomic E-state index is 0. The van der Waals surface area contributed by atoms with Crippen molar-refractivity contribution >= 4 is 11.0 Å². The predicted molar refractivity (Wildman–Crippen MR) is 14.6 cm³/mol. The van der Waals surface area contributed by atoms with E-state index in [1.807, 2.05) is 0 Å². The monoisotopic (exact) mass is 86.0 g/mol. The van der Waals surface area contributed by atoms with Crippen LogP contribution < -0.4 is 0 Å². The molecule has 0 fully saturated rings. The van der Waals surface area contributed by atoms with E-state index in [1.165, 1.54) is 5.15 Å². The van der Waals surface area contributed by atoms with Crippen molar-refractivity contribution in [1.29, 1.82) is 0 Å². The van der Waals surface area contributed by atoms with E-state index in [9.17, 15) is 0 Å². The first-order chi connectivity index (χ1) is 1.41. The first-order valence-corrected chi connectivity index (χ1v) is 0.309. The van der Waals surface area contributed by atoms with Gasteiger partial charge in [0.2, 0.25) is 0 Å². The Bertz CT molecular complexity index is 6.00. The number of hydrogen-bond acceptors (Lipinski definition) is 1. The van der Waals surface area contributed by atoms with Gasteiger partial charge >= 0.3 is 0 Å². The molecule has 0 rings (SSSR count). The summed E-state index contributed by atoms with van der Waals surface area (Å²) in [6.07, 6.45) is 0. The third-order valence-electron chi connectivity index (χ3n) is 0. The van der Waals surface area contributed by atoms with Gasteiger partial charge in [0.05, 0.1) is 0 Å². The smallest absolute Gasteiger partial charge is 0.0149 e. The molecule has 0 saturated carbocycles. The second kappa shape index (κ2) is 11.7. The van der Waals surface area contributed by atoms with Crippen molar-refractivity contribution in [1.82, 2.24) is 0 Å². The van der Waals surface area contributed by atoms with E-state index in [0.717, 1.165) is 0 Å². The minimum atomic E-state index is 0. The highest BCUT2D eigenvalue weighted by molar-refractivity contribution is 5.75. The average Bonchev–Trinajstić information content (AvgIpc) is 0.918. The van der Waals surface area contributed by atoms with Crippen LogP contribution in [0.3, 0.4) is 0 Å². The Kier molecular flexibility index (Phi) is 26.3. The topological polar surface area (TPSA) is 9.23 Å². The van der Waals surface area contributed by atoms with Crippen LogP contribution in [-0.4, -0.2) is 11.0 Å². The van der Waals surface area contributed by atoms with E-state index >= 15 is 0 Å². The number of hydrogen-bond donors (Lipinski definition) is 0. The van der Waals surface area contributed by atoms with Gasteiger partial charge < -0.3 is 0 Å². The highest BCUT2D eigenvalue weighted by atomic mass is 28.1. The molecule has 4 heavy (non-hydrogen) atoms. The van der Waals surface area contributed by atoms with Gasteiger partial charge in [-0.05, 0) is 20.0 Å². The molecule has 28 valence electrons. The summed E-state index contributed by atoms with van der Waals surface area (Å²) in [5.41, 5.74) is 0. The second-order valence-electron chi connectivity index (χ2n) is 0.0583. The maximum absolute atomic E-state index is 9.12. The normalized spacial score (nSPS) is 4.50. The fourth-order valence-corrected chi connectivity index (χ4v) is 0. The molecular weight excluding hydrogens is 82.1 g/mol. The fraction of sp³-hybridized carbons (Fsp3) is 0. The van der Waals surface area contributed by atoms with E-state index in [4.69, 9.17) is 9.05 Å². The van der Waals surface area contributed by atoms with Crippen molar-refractivity contribution in [2.75, 3.05) is 0 Å². The van der Waals surface area contributed by atoms with Gasteiger partial charge in [0, 0.05) is 5.15 Å². The molecule has 0 aliphatic heterocycles. The van der Waals surface area contributed by atoms with Crippen molar-refractivity contribution in [2.45, 2.75) is 0 Å². The Balaban J connectivity index is 0. The number of rotatable bonds is 0. The Labute approximate surface area is 26.4 Å². The molecule has 0 aromatic carbocycles. The molecule has 0 unspecified atom stereocenters. The van der Waals surface area contributed by atoms with Gasteiger partial charge in [-0.25, -0.2) is 0 Å². The van der Waals surface area contributed by atoms with E-state index in [2.05, 4.69) is 0 Å². The lowest BCUT2D eigenvalue weighted by Crippen LogP contribution is -1.26. The molecule has 0 bridgehead atoms. The Hall–Kier alpha value is 0.0369. The van der Waals surface area contributed by atoms with Crippen LogP contribution in [0.25, 0.3) is 0 Å². The van der Waals surface area contributed by atoms with Gasteiger partial charge in [-0.1, -0.05) is 0 Å². The number of halogens is 2. The molecule has 0 radical (unpaired) electrons. The highest BCUT2D eigenvalue weighted by Crippen LogP contribution is 1.61. The molecule has 0 aromatic heterocycles. The molecule has 0 aromatic rings. The van der Waals surface area contributed by atoms with Crippen LogP contribution in [0, 0.1) is 0 Å². The van der Waals surface area contributed by atoms with Gasteiger partial charge in [0.1, 0.15) is 0 Å². The average molecular weight is 86.1 g/mol. The van der Waals surface area contributed by atoms with Crippen molar-refractivity contribution < 1.29 is 14.2 Å². The van der Waals surface area contributed by atoms with Crippen molar-refractivity contribution in [3.8, 4) is 0 Å². The summed E-state index contributed by atoms with van der Waals surface area (Å²) in [6.45, 7) is 0. The summed E-state index contributed by atoms with van der Waals surface area (Å²) in [7, 11) is 0. The lowest BCUT2D eigenvalue weighted by atomic mass is 15.4. The van der Waals surface area contributed by atoms with E-state index < -0.39 is 0 Å². The standard InChI is InChI=1S/F2O.H4Si/c1-3-2;/h;1H4. The van der Waals surface area contributed by atoms with Crippen LogP contribution >= 0.6 is 0 Å². The molecule has 0 aliphatic rings. The van der Waals surface area contributed by atoms with E-state index in [0.29, 0.717) is 0 Å². The third kappa shape index (κ3) is 1610. The maximum atomic E-state index is 9.12. The van der Waals surface area contributed by atoms with Crippen LogP contribution in [0.4, 0.5) is 9.05 Å². The summed E-state index contributed by atoms with van der Waals surface area (Å²) in [5, 5.41) is 1.25. The van der Waals surface area contributed by atoms with Gasteiger partial charge in [0.25, 0.3) is 0 Å². The third-order valence-corrected chi connectivity index (χ3v) is 0. The molecule has 0 spiro atoms. The van der Waals surface area contributed by atoms with Gasteiger partial charge in [-0.2, -0.15) is 0 Å². The van der Waals surface area contributed by atoms with Crippen molar-refractivity contribution in [3.05, 3.63) is 0 Å². The molecule has 1 nitrogen and oxygen atoms in total. The largest absolute Gasteiger partial charge is 0.0209 e. The zero-order valence-corrected chi connectivity index (χ0v) is 1.16. The molecule has 4 heteroatoms. The van der Waals surface area contributed by atoms with E-state index in [1.54, 1.807) is 0 Å². The summed E-state index contributed by atoms with van der Waals surface area (Å²) >= 11 is 0. The van der Waals surface area contributed by atoms with Crippen LogP contribution in [0.5, 0.6) is 0 Å². The molecule has 0 aliphatic carbocycles. The lowest BCUT2D eigenvalue weighted by molar-refractivity contribution is -0.317. The lowest BCUT2D eigenvalue weighted by Gasteiger charge is -1.41. The zero-order chi connectivity index (χ0) is 2.71. The van der Waals surface area contributed by atoms with Gasteiger partial charge in [0.15, 0.2) is 0 Å². The van der Waals surface area contributed by atoms with Crippen molar-refractivity contribution in [2.24, 2.45) is 0 Å². The van der Waals surface area contributed by atoms with Gasteiger partial charge in [-0.3, -0.25) is 0 Å². The Morgan fingerprint density at radius 2 is 1.25 bits per heavy atom. The molecular formula is H4F2OSi.